The molecular formula is C12H14N4O2. The van der Waals surface area contributed by atoms with E-state index in [0.717, 1.165) is 5.39 Å². The number of rotatable bonds is 2. The van der Waals surface area contributed by atoms with Gasteiger partial charge in [-0.2, -0.15) is 0 Å². The Morgan fingerprint density at radius 3 is 3.11 bits per heavy atom. The van der Waals surface area contributed by atoms with Crippen LogP contribution in [0, 0.1) is 0 Å². The van der Waals surface area contributed by atoms with Crippen molar-refractivity contribution in [1.29, 1.82) is 0 Å². The number of aromatic nitrogens is 3. The Balaban J connectivity index is 2.05. The number of anilines is 1. The summed E-state index contributed by atoms with van der Waals surface area (Å²) in [6.45, 7) is 3.68. The minimum absolute atomic E-state index is 0.137. The molecule has 0 aliphatic carbocycles. The van der Waals surface area contributed by atoms with Crippen LogP contribution in [0.25, 0.3) is 11.0 Å². The topological polar surface area (TPSA) is 86.2 Å². The Morgan fingerprint density at radius 2 is 2.39 bits per heavy atom. The third-order valence-corrected chi connectivity index (χ3v) is 3.19. The summed E-state index contributed by atoms with van der Waals surface area (Å²) in [7, 11) is 0. The number of nitrogens with two attached hydrogens (primary N) is 1. The van der Waals surface area contributed by atoms with E-state index in [-0.39, 0.29) is 6.10 Å². The predicted octanol–water partition coefficient (Wildman–Crippen LogP) is 0.848. The van der Waals surface area contributed by atoms with Gasteiger partial charge in [0.25, 0.3) is 0 Å². The minimum atomic E-state index is -0.584. The first-order valence-corrected chi connectivity index (χ1v) is 5.74. The van der Waals surface area contributed by atoms with Gasteiger partial charge in [-0.3, -0.25) is 0 Å². The molecule has 3 atom stereocenters. The molecule has 3 heterocycles. The van der Waals surface area contributed by atoms with Crippen molar-refractivity contribution >= 4 is 16.9 Å². The first-order chi connectivity index (χ1) is 8.70. The number of fused-ring (bicyclic) bond motifs is 1. The molecule has 94 valence electrons. The fraction of sp³-hybridized carbons (Fsp3) is 0.333. The van der Waals surface area contributed by atoms with Crippen molar-refractivity contribution in [3.8, 4) is 0 Å². The molecule has 1 unspecified atom stereocenters. The van der Waals surface area contributed by atoms with Crippen molar-refractivity contribution in [2.24, 2.45) is 0 Å². The summed E-state index contributed by atoms with van der Waals surface area (Å²) >= 11 is 0. The van der Waals surface area contributed by atoms with Gasteiger partial charge in [0.2, 0.25) is 0 Å². The quantitative estimate of drug-likeness (QED) is 0.767. The highest BCUT2D eigenvalue weighted by molar-refractivity contribution is 5.86. The first kappa shape index (κ1) is 11.2. The molecule has 0 aromatic carbocycles. The molecule has 2 aromatic rings. The zero-order chi connectivity index (χ0) is 12.7. The molecule has 0 spiro atoms. The maximum Gasteiger partial charge on any atom is 0.162 e. The van der Waals surface area contributed by atoms with Crippen molar-refractivity contribution in [2.75, 3.05) is 5.73 Å². The van der Waals surface area contributed by atoms with E-state index < -0.39 is 12.3 Å². The molecule has 6 heteroatoms. The molecule has 2 aromatic heterocycles. The van der Waals surface area contributed by atoms with Crippen LogP contribution in [0.3, 0.4) is 0 Å². The number of aliphatic hydroxyl groups excluding tert-OH is 1. The van der Waals surface area contributed by atoms with Crippen LogP contribution in [0.1, 0.15) is 12.6 Å². The van der Waals surface area contributed by atoms with Crippen molar-refractivity contribution in [2.45, 2.75) is 24.9 Å². The Kier molecular flexibility index (Phi) is 2.53. The smallest absolute Gasteiger partial charge is 0.162 e. The van der Waals surface area contributed by atoms with E-state index in [0.29, 0.717) is 17.9 Å². The van der Waals surface area contributed by atoms with Crippen LogP contribution in [0.5, 0.6) is 0 Å². The fourth-order valence-electron chi connectivity index (χ4n) is 2.28. The van der Waals surface area contributed by atoms with Gasteiger partial charge in [-0.15, -0.1) is 6.58 Å². The Hall–Kier alpha value is -1.92. The molecule has 0 bridgehead atoms. The van der Waals surface area contributed by atoms with E-state index in [2.05, 4.69) is 16.5 Å². The second-order valence-corrected chi connectivity index (χ2v) is 4.32. The molecule has 6 nitrogen and oxygen atoms in total. The molecule has 1 aliphatic rings. The van der Waals surface area contributed by atoms with Crippen LogP contribution in [0.4, 0.5) is 5.82 Å². The van der Waals surface area contributed by atoms with E-state index >= 15 is 0 Å². The van der Waals surface area contributed by atoms with Gasteiger partial charge in [-0.05, 0) is 6.07 Å². The normalized spacial score (nSPS) is 27.7. The molecular weight excluding hydrogens is 232 g/mol. The standard InChI is InChI=1S/C12H14N4O2/c1-2-7-5-9(17)12(18-7)16-4-3-8-10(13)14-6-15-11(8)16/h2-4,6-7,9,12,17H,1,5H2,(H2,13,14,15)/t7-,9?,12-/m1/s1. The van der Waals surface area contributed by atoms with Gasteiger partial charge in [0.05, 0.1) is 11.5 Å². The van der Waals surface area contributed by atoms with Crippen LogP contribution < -0.4 is 5.73 Å². The molecule has 3 N–H and O–H groups in total. The van der Waals surface area contributed by atoms with Gasteiger partial charge in [0.15, 0.2) is 6.23 Å². The van der Waals surface area contributed by atoms with E-state index in [4.69, 9.17) is 10.5 Å². The molecule has 0 saturated carbocycles. The molecule has 3 rings (SSSR count). The molecule has 0 radical (unpaired) electrons. The third kappa shape index (κ3) is 1.58. The fourth-order valence-corrected chi connectivity index (χ4v) is 2.28. The summed E-state index contributed by atoms with van der Waals surface area (Å²) in [4.78, 5) is 8.12. The molecule has 1 saturated heterocycles. The largest absolute Gasteiger partial charge is 0.388 e. The van der Waals surface area contributed by atoms with Gasteiger partial charge in [0.1, 0.15) is 23.9 Å². The lowest BCUT2D eigenvalue weighted by Gasteiger charge is -2.16. The Bertz CT molecular complexity index is 595. The average Bonchev–Trinajstić information content (AvgIpc) is 2.93. The van der Waals surface area contributed by atoms with E-state index in [9.17, 15) is 5.11 Å². The number of hydrogen-bond donors (Lipinski definition) is 2. The van der Waals surface area contributed by atoms with Gasteiger partial charge in [0, 0.05) is 12.6 Å². The van der Waals surface area contributed by atoms with Crippen molar-refractivity contribution in [3.63, 3.8) is 0 Å². The van der Waals surface area contributed by atoms with E-state index in [1.165, 1.54) is 6.33 Å². The lowest BCUT2D eigenvalue weighted by molar-refractivity contribution is -0.0223. The van der Waals surface area contributed by atoms with Crippen LogP contribution in [0.15, 0.2) is 31.2 Å². The van der Waals surface area contributed by atoms with Crippen LogP contribution in [-0.2, 0) is 4.74 Å². The Morgan fingerprint density at radius 1 is 1.56 bits per heavy atom. The number of aliphatic hydroxyl groups is 1. The highest BCUT2D eigenvalue weighted by Crippen LogP contribution is 2.32. The van der Waals surface area contributed by atoms with Crippen LogP contribution in [-0.4, -0.2) is 31.8 Å². The minimum Gasteiger partial charge on any atom is -0.388 e. The predicted molar refractivity (Wildman–Crippen MR) is 66.7 cm³/mol. The SMILES string of the molecule is C=C[C@@H]1CC(O)[C@H](n2ccc3c(N)ncnc32)O1. The molecule has 1 aliphatic heterocycles. The summed E-state index contributed by atoms with van der Waals surface area (Å²) in [6, 6.07) is 1.82. The number of hydrogen-bond acceptors (Lipinski definition) is 5. The molecule has 1 fully saturated rings. The summed E-state index contributed by atoms with van der Waals surface area (Å²) in [5.41, 5.74) is 6.44. The van der Waals surface area contributed by atoms with Gasteiger partial charge in [-0.1, -0.05) is 6.08 Å². The van der Waals surface area contributed by atoms with E-state index in [1.807, 2.05) is 6.07 Å². The lowest BCUT2D eigenvalue weighted by atomic mass is 10.2. The Labute approximate surface area is 104 Å². The number of nitrogens with zero attached hydrogens (tertiary/aromatic N) is 3. The van der Waals surface area contributed by atoms with Crippen molar-refractivity contribution in [1.82, 2.24) is 14.5 Å². The maximum atomic E-state index is 10.0. The third-order valence-electron chi connectivity index (χ3n) is 3.19. The van der Waals surface area contributed by atoms with Gasteiger partial charge >= 0.3 is 0 Å². The van der Waals surface area contributed by atoms with E-state index in [1.54, 1.807) is 16.8 Å². The van der Waals surface area contributed by atoms with Crippen LogP contribution >= 0.6 is 0 Å². The van der Waals surface area contributed by atoms with Gasteiger partial charge in [-0.25, -0.2) is 9.97 Å². The summed E-state index contributed by atoms with van der Waals surface area (Å²) in [6.07, 6.45) is 4.25. The number of ether oxygens (including phenoxy) is 1. The maximum absolute atomic E-state index is 10.0. The van der Waals surface area contributed by atoms with Crippen molar-refractivity contribution < 1.29 is 9.84 Å². The highest BCUT2D eigenvalue weighted by Gasteiger charge is 2.34. The van der Waals surface area contributed by atoms with Crippen molar-refractivity contribution in [3.05, 3.63) is 31.2 Å². The zero-order valence-electron chi connectivity index (χ0n) is 9.73. The second kappa shape index (κ2) is 4.08. The number of nitrogen functional groups attached to an aromatic ring is 1. The highest BCUT2D eigenvalue weighted by atomic mass is 16.5. The molecule has 0 amide bonds. The summed E-state index contributed by atoms with van der Waals surface area (Å²) in [5.74, 6) is 0.423. The monoisotopic (exact) mass is 246 g/mol. The summed E-state index contributed by atoms with van der Waals surface area (Å²) < 4.78 is 7.49. The second-order valence-electron chi connectivity index (χ2n) is 4.32. The molecule has 18 heavy (non-hydrogen) atoms. The average molecular weight is 246 g/mol. The van der Waals surface area contributed by atoms with Crippen LogP contribution in [0.2, 0.25) is 0 Å². The zero-order valence-corrected chi connectivity index (χ0v) is 9.73. The lowest BCUT2D eigenvalue weighted by Crippen LogP contribution is -2.19. The first-order valence-electron chi connectivity index (χ1n) is 5.74. The summed E-state index contributed by atoms with van der Waals surface area (Å²) in [5, 5.41) is 10.8. The van der Waals surface area contributed by atoms with Gasteiger partial charge < -0.3 is 20.1 Å².